The van der Waals surface area contributed by atoms with Gasteiger partial charge in [0.05, 0.1) is 24.3 Å². The van der Waals surface area contributed by atoms with Crippen LogP contribution in [0.25, 0.3) is 0 Å². The van der Waals surface area contributed by atoms with Gasteiger partial charge in [0, 0.05) is 11.6 Å². The van der Waals surface area contributed by atoms with Crippen molar-refractivity contribution in [2.75, 3.05) is 13.2 Å². The van der Waals surface area contributed by atoms with E-state index in [1.807, 2.05) is 0 Å². The van der Waals surface area contributed by atoms with E-state index >= 15 is 0 Å². The molecule has 0 bridgehead atoms. The van der Waals surface area contributed by atoms with Crippen molar-refractivity contribution in [3.63, 3.8) is 0 Å². The van der Waals surface area contributed by atoms with Crippen molar-refractivity contribution < 1.29 is 27.2 Å². The second-order valence-electron chi connectivity index (χ2n) is 6.26. The van der Waals surface area contributed by atoms with Crippen molar-refractivity contribution in [3.8, 4) is 0 Å². The highest BCUT2D eigenvalue weighted by Crippen LogP contribution is 2.14. The van der Waals surface area contributed by atoms with Crippen LogP contribution in [0.4, 0.5) is 0 Å². The summed E-state index contributed by atoms with van der Waals surface area (Å²) in [4.78, 5) is 25.8. The maximum atomic E-state index is 12.7. The Morgan fingerprint density at radius 2 is 1.86 bits per heavy atom. The third-order valence-electron chi connectivity index (χ3n) is 3.92. The maximum Gasteiger partial charge on any atom is 0.325 e. The van der Waals surface area contributed by atoms with Crippen LogP contribution >= 0.6 is 0 Å². The van der Waals surface area contributed by atoms with E-state index in [2.05, 4.69) is 4.72 Å². The van der Waals surface area contributed by atoms with Crippen LogP contribution in [0.5, 0.6) is 0 Å². The Labute approximate surface area is 164 Å². The van der Waals surface area contributed by atoms with Gasteiger partial charge in [-0.05, 0) is 57.2 Å². The van der Waals surface area contributed by atoms with E-state index in [9.17, 15) is 18.0 Å². The average Bonchev–Trinajstić information content (AvgIpc) is 3.18. The molecule has 2 rings (SSSR count). The Morgan fingerprint density at radius 3 is 2.39 bits per heavy atom. The third kappa shape index (κ3) is 5.67. The number of carbonyl (C=O) groups excluding carboxylic acids is 2. The van der Waals surface area contributed by atoms with Gasteiger partial charge in [-0.2, -0.15) is 0 Å². The van der Waals surface area contributed by atoms with Crippen molar-refractivity contribution in [1.82, 2.24) is 9.62 Å². The Hall–Kier alpha value is -2.65. The van der Waals surface area contributed by atoms with E-state index < -0.39 is 16.0 Å². The minimum absolute atomic E-state index is 0.0245. The highest BCUT2D eigenvalue weighted by Gasteiger charge is 2.23. The molecule has 0 saturated heterocycles. The standard InChI is InChI=1S/C19H24N2O6S/c1-4-26-18(22)13-21(14(2)3)19(23)15-7-9-17(10-8-15)28(24,25)20-12-16-6-5-11-27-16/h5-11,14,20H,4,12-13H2,1-3H3. The monoisotopic (exact) mass is 408 g/mol. The zero-order valence-electron chi connectivity index (χ0n) is 16.0. The summed E-state index contributed by atoms with van der Waals surface area (Å²) in [5.74, 6) is -0.386. The molecule has 1 aromatic heterocycles. The lowest BCUT2D eigenvalue weighted by Crippen LogP contribution is -2.41. The lowest BCUT2D eigenvalue weighted by molar-refractivity contribution is -0.144. The Balaban J connectivity index is 2.10. The third-order valence-corrected chi connectivity index (χ3v) is 5.33. The summed E-state index contributed by atoms with van der Waals surface area (Å²) in [5, 5.41) is 0. The molecule has 0 spiro atoms. The number of carbonyl (C=O) groups is 2. The van der Waals surface area contributed by atoms with Gasteiger partial charge in [-0.1, -0.05) is 0 Å². The van der Waals surface area contributed by atoms with Crippen LogP contribution in [0.1, 0.15) is 36.9 Å². The number of sulfonamides is 1. The molecule has 1 N–H and O–H groups in total. The van der Waals surface area contributed by atoms with Gasteiger partial charge in [-0.25, -0.2) is 13.1 Å². The summed E-state index contributed by atoms with van der Waals surface area (Å²) in [6.07, 6.45) is 1.46. The van der Waals surface area contributed by atoms with Gasteiger partial charge in [0.25, 0.3) is 5.91 Å². The van der Waals surface area contributed by atoms with E-state index in [0.29, 0.717) is 5.76 Å². The van der Waals surface area contributed by atoms with Crippen molar-refractivity contribution in [1.29, 1.82) is 0 Å². The molecule has 0 atom stereocenters. The highest BCUT2D eigenvalue weighted by molar-refractivity contribution is 7.89. The van der Waals surface area contributed by atoms with E-state index in [-0.39, 0.29) is 42.1 Å². The number of amides is 1. The molecule has 28 heavy (non-hydrogen) atoms. The number of nitrogens with zero attached hydrogens (tertiary/aromatic N) is 1. The molecule has 1 aromatic carbocycles. The lowest BCUT2D eigenvalue weighted by Gasteiger charge is -2.25. The SMILES string of the molecule is CCOC(=O)CN(C(=O)c1ccc(S(=O)(=O)NCc2ccco2)cc1)C(C)C. The lowest BCUT2D eigenvalue weighted by atomic mass is 10.1. The topological polar surface area (TPSA) is 106 Å². The number of ether oxygens (including phenoxy) is 1. The summed E-state index contributed by atoms with van der Waals surface area (Å²) in [5.41, 5.74) is 0.281. The van der Waals surface area contributed by atoms with Gasteiger partial charge < -0.3 is 14.1 Å². The largest absolute Gasteiger partial charge is 0.468 e. The predicted molar refractivity (Wildman–Crippen MR) is 102 cm³/mol. The fraction of sp³-hybridized carbons (Fsp3) is 0.368. The molecule has 0 aliphatic heterocycles. The Morgan fingerprint density at radius 1 is 1.18 bits per heavy atom. The van der Waals surface area contributed by atoms with Crippen molar-refractivity contribution in [2.24, 2.45) is 0 Å². The number of nitrogens with one attached hydrogen (secondary N) is 1. The van der Waals surface area contributed by atoms with E-state index in [0.717, 1.165) is 0 Å². The van der Waals surface area contributed by atoms with Gasteiger partial charge in [0.2, 0.25) is 10.0 Å². The molecular formula is C19H24N2O6S. The maximum absolute atomic E-state index is 12.7. The van der Waals surface area contributed by atoms with Crippen LogP contribution in [0, 0.1) is 0 Å². The zero-order valence-corrected chi connectivity index (χ0v) is 16.9. The first-order valence-electron chi connectivity index (χ1n) is 8.83. The van der Waals surface area contributed by atoms with Gasteiger partial charge in [0.15, 0.2) is 0 Å². The molecule has 152 valence electrons. The minimum Gasteiger partial charge on any atom is -0.468 e. The molecule has 2 aromatic rings. The number of benzene rings is 1. The Kier molecular flexibility index (Phi) is 7.36. The first-order valence-corrected chi connectivity index (χ1v) is 10.3. The summed E-state index contributed by atoms with van der Waals surface area (Å²) in [6.45, 7) is 5.35. The number of hydrogen-bond acceptors (Lipinski definition) is 6. The Bertz CT molecular complexity index is 889. The van der Waals surface area contributed by atoms with E-state index in [4.69, 9.17) is 9.15 Å². The molecule has 0 aliphatic rings. The molecule has 0 radical (unpaired) electrons. The normalized spacial score (nSPS) is 11.4. The molecule has 0 unspecified atom stereocenters. The van der Waals surface area contributed by atoms with E-state index in [1.54, 1.807) is 32.9 Å². The van der Waals surface area contributed by atoms with Crippen molar-refractivity contribution in [2.45, 2.75) is 38.3 Å². The number of hydrogen-bond donors (Lipinski definition) is 1. The fourth-order valence-corrected chi connectivity index (χ4v) is 3.43. The first kappa shape index (κ1) is 21.6. The molecule has 9 heteroatoms. The quantitative estimate of drug-likeness (QED) is 0.638. The smallest absolute Gasteiger partial charge is 0.325 e. The predicted octanol–water partition coefficient (Wildman–Crippen LogP) is 2.17. The second-order valence-corrected chi connectivity index (χ2v) is 8.03. The van der Waals surface area contributed by atoms with E-state index in [1.165, 1.54) is 35.4 Å². The van der Waals surface area contributed by atoms with Crippen LogP contribution in [-0.2, 0) is 26.1 Å². The molecule has 8 nitrogen and oxygen atoms in total. The molecular weight excluding hydrogens is 384 g/mol. The molecule has 1 heterocycles. The fourth-order valence-electron chi connectivity index (χ4n) is 2.44. The zero-order chi connectivity index (χ0) is 20.7. The minimum atomic E-state index is -3.75. The first-order chi connectivity index (χ1) is 13.2. The molecule has 0 saturated carbocycles. The summed E-state index contributed by atoms with van der Waals surface area (Å²) in [7, 11) is -3.75. The van der Waals surface area contributed by atoms with Gasteiger partial charge in [-0.15, -0.1) is 0 Å². The molecule has 1 amide bonds. The number of rotatable bonds is 9. The van der Waals surface area contributed by atoms with Crippen LogP contribution in [0.3, 0.4) is 0 Å². The van der Waals surface area contributed by atoms with Crippen LogP contribution in [0.2, 0.25) is 0 Å². The number of furan rings is 1. The second kappa shape index (κ2) is 9.52. The number of esters is 1. The van der Waals surface area contributed by atoms with Gasteiger partial charge >= 0.3 is 5.97 Å². The van der Waals surface area contributed by atoms with Crippen molar-refractivity contribution in [3.05, 3.63) is 54.0 Å². The van der Waals surface area contributed by atoms with Crippen LogP contribution < -0.4 is 4.72 Å². The average molecular weight is 408 g/mol. The summed E-state index contributed by atoms with van der Waals surface area (Å²) in [6, 6.07) is 8.64. The van der Waals surface area contributed by atoms with Gasteiger partial charge in [0.1, 0.15) is 12.3 Å². The summed E-state index contributed by atoms with van der Waals surface area (Å²) >= 11 is 0. The van der Waals surface area contributed by atoms with Gasteiger partial charge in [-0.3, -0.25) is 9.59 Å². The molecule has 0 fully saturated rings. The van der Waals surface area contributed by atoms with Crippen LogP contribution in [0.15, 0.2) is 52.0 Å². The molecule has 0 aliphatic carbocycles. The highest BCUT2D eigenvalue weighted by atomic mass is 32.2. The van der Waals surface area contributed by atoms with Crippen LogP contribution in [-0.4, -0.2) is 44.4 Å². The van der Waals surface area contributed by atoms with Crippen molar-refractivity contribution >= 4 is 21.9 Å². The summed E-state index contributed by atoms with van der Waals surface area (Å²) < 4.78 is 37.1.